The highest BCUT2D eigenvalue weighted by Crippen LogP contribution is 2.38. The van der Waals surface area contributed by atoms with Crippen molar-refractivity contribution in [1.82, 2.24) is 9.62 Å². The number of amides is 1. The number of aryl methyl sites for hydroxylation is 1. The van der Waals surface area contributed by atoms with Crippen molar-refractivity contribution in [3.8, 4) is 11.1 Å². The molecule has 2 atom stereocenters. The standard InChI is InChI=1S/C31H41BF4N2O4S2.CH3F/c1-32(2)18-21-38-19-16-30(17-20-38,29(39)37-43-28-5-3-4-22-42-28)44(40,41)26-13-11-25(12-14-26)24-9-6-23(7-10-24)8-15-27(33)31(34,35)36;1-2/h6-7,9-14,27-28H,3-5,8,15-22H2,1-2H3,(H,37,39);1H3. The third kappa shape index (κ3) is 9.93. The molecule has 2 aliphatic rings. The zero-order valence-corrected chi connectivity index (χ0v) is 28.3. The topological polar surface area (TPSA) is 75.7 Å². The number of hydrogen-bond acceptors (Lipinski definition) is 6. The van der Waals surface area contributed by atoms with E-state index < -0.39 is 39.3 Å². The number of hydrogen-bond donors (Lipinski definition) is 1. The van der Waals surface area contributed by atoms with Gasteiger partial charge in [0.15, 0.2) is 20.8 Å². The monoisotopic (exact) mass is 690 g/mol. The van der Waals surface area contributed by atoms with Crippen molar-refractivity contribution >= 4 is 34.4 Å². The van der Waals surface area contributed by atoms with Crippen LogP contribution in [0.25, 0.3) is 11.1 Å². The average molecular weight is 691 g/mol. The van der Waals surface area contributed by atoms with E-state index in [4.69, 9.17) is 4.74 Å². The van der Waals surface area contributed by atoms with E-state index in [1.165, 1.54) is 12.1 Å². The molecular weight excluding hydrogens is 646 g/mol. The van der Waals surface area contributed by atoms with Crippen LogP contribution in [0.1, 0.15) is 44.1 Å². The Kier molecular flexibility index (Phi) is 14.4. The molecule has 1 amide bonds. The van der Waals surface area contributed by atoms with Crippen LogP contribution in [0.15, 0.2) is 53.4 Å². The molecule has 14 heteroatoms. The van der Waals surface area contributed by atoms with Gasteiger partial charge >= 0.3 is 6.18 Å². The summed E-state index contributed by atoms with van der Waals surface area (Å²) in [6.45, 7) is 7.28. The highest BCUT2D eigenvalue weighted by molar-refractivity contribution is 7.98. The molecule has 0 aliphatic carbocycles. The molecule has 0 radical (unpaired) electrons. The van der Waals surface area contributed by atoms with Gasteiger partial charge in [-0.15, -0.1) is 0 Å². The van der Waals surface area contributed by atoms with Crippen LogP contribution in [-0.4, -0.2) is 81.9 Å². The largest absolute Gasteiger partial charge is 0.419 e. The van der Waals surface area contributed by atoms with E-state index in [0.717, 1.165) is 49.6 Å². The van der Waals surface area contributed by atoms with E-state index in [2.05, 4.69) is 23.3 Å². The number of nitrogens with one attached hydrogen (secondary N) is 1. The minimum atomic E-state index is -4.87. The lowest BCUT2D eigenvalue weighted by Crippen LogP contribution is -2.57. The van der Waals surface area contributed by atoms with Crippen LogP contribution >= 0.6 is 11.9 Å². The van der Waals surface area contributed by atoms with Crippen LogP contribution in [-0.2, 0) is 25.8 Å². The Morgan fingerprint density at radius 1 is 1.04 bits per heavy atom. The molecule has 46 heavy (non-hydrogen) atoms. The van der Waals surface area contributed by atoms with Crippen LogP contribution in [0.4, 0.5) is 22.0 Å². The average Bonchev–Trinajstić information content (AvgIpc) is 3.06. The van der Waals surface area contributed by atoms with Crippen LogP contribution in [0.5, 0.6) is 0 Å². The SMILES string of the molecule is CB(C)CCN1CCC(C(=O)NSC2CCCCO2)(S(=O)(=O)c2ccc(-c3ccc(CCC(F)C(F)(F)F)cc3)cc2)CC1.CF. The Bertz CT molecular complexity index is 1330. The van der Waals surface area contributed by atoms with Gasteiger partial charge in [0.2, 0.25) is 0 Å². The molecule has 4 rings (SSSR count). The van der Waals surface area contributed by atoms with Crippen LogP contribution < -0.4 is 4.72 Å². The van der Waals surface area contributed by atoms with Gasteiger partial charge in [-0.3, -0.25) is 13.9 Å². The van der Waals surface area contributed by atoms with Crippen molar-refractivity contribution in [3.05, 3.63) is 54.1 Å². The first-order valence-electron chi connectivity index (χ1n) is 15.6. The minimum absolute atomic E-state index is 0.0532. The number of carbonyl (C=O) groups is 1. The number of rotatable bonds is 12. The summed E-state index contributed by atoms with van der Waals surface area (Å²) < 4.78 is 95.7. The summed E-state index contributed by atoms with van der Waals surface area (Å²) >= 11 is 1.15. The molecule has 2 saturated heterocycles. The number of alkyl halides is 5. The van der Waals surface area contributed by atoms with E-state index >= 15 is 0 Å². The Morgan fingerprint density at radius 2 is 1.63 bits per heavy atom. The smallest absolute Gasteiger partial charge is 0.366 e. The zero-order valence-electron chi connectivity index (χ0n) is 26.6. The molecule has 0 aromatic heterocycles. The molecule has 2 heterocycles. The maximum atomic E-state index is 14.2. The zero-order chi connectivity index (χ0) is 34.0. The fourth-order valence-electron chi connectivity index (χ4n) is 5.59. The van der Waals surface area contributed by atoms with Gasteiger partial charge in [-0.25, -0.2) is 12.8 Å². The van der Waals surface area contributed by atoms with E-state index in [9.17, 15) is 35.2 Å². The first-order valence-corrected chi connectivity index (χ1v) is 18.0. The van der Waals surface area contributed by atoms with Crippen molar-refractivity contribution in [2.75, 3.05) is 33.4 Å². The number of sulfone groups is 1. The molecule has 2 aliphatic heterocycles. The third-order valence-electron chi connectivity index (χ3n) is 8.53. The molecule has 0 spiro atoms. The lowest BCUT2D eigenvalue weighted by molar-refractivity contribution is -0.181. The van der Waals surface area contributed by atoms with Crippen LogP contribution in [0.2, 0.25) is 20.0 Å². The molecule has 2 fully saturated rings. The molecular formula is C32H44BF5N2O4S2. The summed E-state index contributed by atoms with van der Waals surface area (Å²) in [6.07, 6.45) is -4.32. The van der Waals surface area contributed by atoms with Gasteiger partial charge in [-0.1, -0.05) is 56.4 Å². The second-order valence-corrected chi connectivity index (χ2v) is 15.4. The minimum Gasteiger partial charge on any atom is -0.366 e. The normalized spacial score (nSPS) is 19.4. The number of halogens is 5. The van der Waals surface area contributed by atoms with Crippen LogP contribution in [0, 0.1) is 0 Å². The van der Waals surface area contributed by atoms with Crippen LogP contribution in [0.3, 0.4) is 0 Å². The fourth-order valence-corrected chi connectivity index (χ4v) is 8.49. The van der Waals surface area contributed by atoms with Gasteiger partial charge < -0.3 is 9.64 Å². The second-order valence-electron chi connectivity index (χ2n) is 12.1. The van der Waals surface area contributed by atoms with E-state index in [0.29, 0.717) is 44.7 Å². The number of likely N-dealkylation sites (tertiary alicyclic amines) is 1. The maximum Gasteiger partial charge on any atom is 0.419 e. The molecule has 2 aromatic carbocycles. The molecule has 0 saturated carbocycles. The number of nitrogens with zero attached hydrogens (tertiary/aromatic N) is 1. The summed E-state index contributed by atoms with van der Waals surface area (Å²) in [4.78, 5) is 16.0. The second kappa shape index (κ2) is 17.3. The van der Waals surface area contributed by atoms with Crippen molar-refractivity contribution in [3.63, 3.8) is 0 Å². The Hall–Kier alpha value is -2.16. The number of benzene rings is 2. The van der Waals surface area contributed by atoms with Crippen molar-refractivity contribution in [1.29, 1.82) is 0 Å². The first-order chi connectivity index (χ1) is 21.8. The fraction of sp³-hybridized carbons (Fsp3) is 0.594. The predicted octanol–water partition coefficient (Wildman–Crippen LogP) is 7.43. The number of piperidine rings is 1. The molecule has 256 valence electrons. The van der Waals surface area contributed by atoms with Gasteiger partial charge in [0.1, 0.15) is 12.1 Å². The lowest BCUT2D eigenvalue weighted by Gasteiger charge is -2.40. The summed E-state index contributed by atoms with van der Waals surface area (Å²) in [5.41, 5.74) is 1.82. The number of carbonyl (C=O) groups excluding carboxylic acids is 1. The summed E-state index contributed by atoms with van der Waals surface area (Å²) in [7, 11) is -3.58. The van der Waals surface area contributed by atoms with E-state index in [-0.39, 0.29) is 29.6 Å². The number of ether oxygens (including phenoxy) is 1. The first kappa shape index (κ1) is 38.3. The molecule has 6 nitrogen and oxygen atoms in total. The van der Waals surface area contributed by atoms with Gasteiger partial charge in [-0.05, 0) is 92.3 Å². The third-order valence-corrected chi connectivity index (χ3v) is 12.0. The lowest BCUT2D eigenvalue weighted by atomic mass is 9.52. The Labute approximate surface area is 274 Å². The molecule has 2 aromatic rings. The van der Waals surface area contributed by atoms with Crippen molar-refractivity contribution < 1.29 is 39.9 Å². The van der Waals surface area contributed by atoms with E-state index in [1.54, 1.807) is 36.4 Å². The molecule has 2 unspecified atom stereocenters. The van der Waals surface area contributed by atoms with Gasteiger partial charge in [-0.2, -0.15) is 13.2 Å². The maximum absolute atomic E-state index is 14.2. The highest BCUT2D eigenvalue weighted by atomic mass is 32.2. The summed E-state index contributed by atoms with van der Waals surface area (Å²) in [5, 5.41) is 0. The van der Waals surface area contributed by atoms with Crippen molar-refractivity contribution in [2.45, 2.75) is 92.3 Å². The summed E-state index contributed by atoms with van der Waals surface area (Å²) in [6, 6.07) is 13.1. The predicted molar refractivity (Wildman–Crippen MR) is 175 cm³/mol. The van der Waals surface area contributed by atoms with Crippen molar-refractivity contribution in [2.24, 2.45) is 0 Å². The quantitative estimate of drug-likeness (QED) is 0.142. The van der Waals surface area contributed by atoms with Gasteiger partial charge in [0, 0.05) is 19.7 Å². The Balaban J connectivity index is 0.00000282. The van der Waals surface area contributed by atoms with E-state index in [1.807, 2.05) is 0 Å². The van der Waals surface area contributed by atoms with Gasteiger partial charge in [0.25, 0.3) is 5.91 Å². The Morgan fingerprint density at radius 3 is 2.15 bits per heavy atom. The highest BCUT2D eigenvalue weighted by Gasteiger charge is 2.53. The van der Waals surface area contributed by atoms with Gasteiger partial charge in [0.05, 0.1) is 12.1 Å². The summed E-state index contributed by atoms with van der Waals surface area (Å²) in [5.74, 6) is -0.513. The molecule has 1 N–H and O–H groups in total. The molecule has 0 bridgehead atoms.